The van der Waals surface area contributed by atoms with Gasteiger partial charge >= 0.3 is 5.97 Å². The van der Waals surface area contributed by atoms with Crippen molar-refractivity contribution in [1.82, 2.24) is 10.2 Å². The van der Waals surface area contributed by atoms with Crippen LogP contribution in [0.2, 0.25) is 0 Å². The molecule has 0 aliphatic carbocycles. The summed E-state index contributed by atoms with van der Waals surface area (Å²) in [5, 5.41) is 2.47. The molecule has 1 atom stereocenters. The standard InChI is InChI=1S/C21H29N3O5/c1-21(2,3)15-9-7-14(8-10-15)20(28)23-12-18(26)29-13-17(25)24-11-5-4-6-16(24)19(22)27/h7-10,16H,4-6,11-13H2,1-3H3,(H2,22,27)(H,23,28)/t16-/m1/s1. The molecule has 8 nitrogen and oxygen atoms in total. The van der Waals surface area contributed by atoms with E-state index in [2.05, 4.69) is 26.1 Å². The number of nitrogens with one attached hydrogen (secondary N) is 1. The number of benzene rings is 1. The van der Waals surface area contributed by atoms with Gasteiger partial charge in [-0.2, -0.15) is 0 Å². The summed E-state index contributed by atoms with van der Waals surface area (Å²) >= 11 is 0. The number of esters is 1. The third kappa shape index (κ3) is 6.30. The Labute approximate surface area is 170 Å². The molecule has 158 valence electrons. The minimum Gasteiger partial charge on any atom is -0.454 e. The second-order valence-corrected chi connectivity index (χ2v) is 8.17. The highest BCUT2D eigenvalue weighted by molar-refractivity contribution is 5.96. The van der Waals surface area contributed by atoms with Crippen molar-refractivity contribution < 1.29 is 23.9 Å². The number of likely N-dealkylation sites (tertiary alicyclic amines) is 1. The van der Waals surface area contributed by atoms with Gasteiger partial charge in [-0.1, -0.05) is 32.9 Å². The molecule has 3 amide bonds. The molecule has 3 N–H and O–H groups in total. The lowest BCUT2D eigenvalue weighted by molar-refractivity contribution is -0.154. The van der Waals surface area contributed by atoms with Gasteiger partial charge in [0.25, 0.3) is 11.8 Å². The van der Waals surface area contributed by atoms with Crippen LogP contribution in [0.15, 0.2) is 24.3 Å². The van der Waals surface area contributed by atoms with E-state index in [0.29, 0.717) is 18.5 Å². The average molecular weight is 403 g/mol. The van der Waals surface area contributed by atoms with E-state index in [9.17, 15) is 19.2 Å². The van der Waals surface area contributed by atoms with Crippen molar-refractivity contribution in [3.05, 3.63) is 35.4 Å². The third-order valence-corrected chi connectivity index (χ3v) is 4.91. The molecule has 0 unspecified atom stereocenters. The molecule has 1 aliphatic rings. The number of ether oxygens (including phenoxy) is 1. The van der Waals surface area contributed by atoms with Crippen LogP contribution in [0.25, 0.3) is 0 Å². The Kier molecular flexibility index (Phi) is 7.36. The molecule has 1 saturated heterocycles. The first-order valence-electron chi connectivity index (χ1n) is 9.72. The number of piperidine rings is 1. The number of primary amides is 1. The van der Waals surface area contributed by atoms with Gasteiger partial charge in [0.2, 0.25) is 5.91 Å². The highest BCUT2D eigenvalue weighted by Gasteiger charge is 2.31. The van der Waals surface area contributed by atoms with Gasteiger partial charge in [-0.05, 0) is 42.4 Å². The van der Waals surface area contributed by atoms with E-state index in [-0.39, 0.29) is 12.0 Å². The first-order valence-corrected chi connectivity index (χ1v) is 9.72. The normalized spacial score (nSPS) is 16.8. The van der Waals surface area contributed by atoms with Crippen LogP contribution in [0.4, 0.5) is 0 Å². The number of nitrogens with two attached hydrogens (primary N) is 1. The quantitative estimate of drug-likeness (QED) is 0.690. The molecule has 0 saturated carbocycles. The smallest absolute Gasteiger partial charge is 0.325 e. The minimum absolute atomic E-state index is 0.0206. The summed E-state index contributed by atoms with van der Waals surface area (Å²) in [4.78, 5) is 49.1. The largest absolute Gasteiger partial charge is 0.454 e. The van der Waals surface area contributed by atoms with Crippen LogP contribution in [-0.4, -0.2) is 54.3 Å². The molecular weight excluding hydrogens is 374 g/mol. The number of hydrogen-bond donors (Lipinski definition) is 2. The van der Waals surface area contributed by atoms with Crippen LogP contribution in [0.1, 0.15) is 56.0 Å². The summed E-state index contributed by atoms with van der Waals surface area (Å²) in [5.74, 6) is -2.16. The van der Waals surface area contributed by atoms with E-state index in [1.54, 1.807) is 12.1 Å². The Morgan fingerprint density at radius 3 is 2.38 bits per heavy atom. The van der Waals surface area contributed by atoms with E-state index in [1.165, 1.54) is 4.90 Å². The van der Waals surface area contributed by atoms with E-state index in [4.69, 9.17) is 10.5 Å². The van der Waals surface area contributed by atoms with Gasteiger partial charge in [0.05, 0.1) is 0 Å². The van der Waals surface area contributed by atoms with E-state index < -0.39 is 36.3 Å². The number of hydrogen-bond acceptors (Lipinski definition) is 5. The van der Waals surface area contributed by atoms with Crippen LogP contribution in [0.3, 0.4) is 0 Å². The molecule has 8 heteroatoms. The molecule has 1 heterocycles. The van der Waals surface area contributed by atoms with E-state index in [0.717, 1.165) is 18.4 Å². The topological polar surface area (TPSA) is 119 Å². The lowest BCUT2D eigenvalue weighted by Crippen LogP contribution is -2.51. The van der Waals surface area contributed by atoms with Gasteiger partial charge in [-0.15, -0.1) is 0 Å². The molecule has 0 spiro atoms. The van der Waals surface area contributed by atoms with Crippen LogP contribution >= 0.6 is 0 Å². The Balaban J connectivity index is 1.80. The van der Waals surface area contributed by atoms with E-state index >= 15 is 0 Å². The number of carbonyl (C=O) groups excluding carboxylic acids is 4. The fourth-order valence-electron chi connectivity index (χ4n) is 3.18. The fourth-order valence-corrected chi connectivity index (χ4v) is 3.18. The monoisotopic (exact) mass is 403 g/mol. The molecule has 1 fully saturated rings. The van der Waals surface area contributed by atoms with Crippen molar-refractivity contribution in [3.8, 4) is 0 Å². The van der Waals surface area contributed by atoms with Gasteiger partial charge in [0, 0.05) is 12.1 Å². The Morgan fingerprint density at radius 2 is 1.79 bits per heavy atom. The second-order valence-electron chi connectivity index (χ2n) is 8.17. The SMILES string of the molecule is CC(C)(C)c1ccc(C(=O)NCC(=O)OCC(=O)N2CCCC[C@@H]2C(N)=O)cc1. The van der Waals surface area contributed by atoms with Crippen LogP contribution in [0.5, 0.6) is 0 Å². The van der Waals surface area contributed by atoms with Crippen molar-refractivity contribution in [3.63, 3.8) is 0 Å². The zero-order valence-electron chi connectivity index (χ0n) is 17.2. The highest BCUT2D eigenvalue weighted by atomic mass is 16.5. The maximum absolute atomic E-state index is 12.2. The van der Waals surface area contributed by atoms with Gasteiger partial charge in [0.1, 0.15) is 12.6 Å². The van der Waals surface area contributed by atoms with Gasteiger partial charge in [0.15, 0.2) is 6.61 Å². The number of carbonyl (C=O) groups is 4. The fraction of sp³-hybridized carbons (Fsp3) is 0.524. The second kappa shape index (κ2) is 9.54. The van der Waals surface area contributed by atoms with Gasteiger partial charge < -0.3 is 20.7 Å². The molecule has 0 aromatic heterocycles. The maximum atomic E-state index is 12.2. The number of amides is 3. The zero-order chi connectivity index (χ0) is 21.6. The predicted molar refractivity (Wildman–Crippen MR) is 107 cm³/mol. The minimum atomic E-state index is -0.731. The Hall–Kier alpha value is -2.90. The first-order chi connectivity index (χ1) is 13.6. The van der Waals surface area contributed by atoms with Crippen LogP contribution in [0, 0.1) is 0 Å². The van der Waals surface area contributed by atoms with Crippen molar-refractivity contribution in [2.75, 3.05) is 19.7 Å². The summed E-state index contributed by atoms with van der Waals surface area (Å²) in [6.45, 7) is 5.80. The Morgan fingerprint density at radius 1 is 1.14 bits per heavy atom. The molecule has 1 aliphatic heterocycles. The average Bonchev–Trinajstić information content (AvgIpc) is 2.69. The predicted octanol–water partition coefficient (Wildman–Crippen LogP) is 1.12. The molecule has 1 aromatic carbocycles. The molecule has 29 heavy (non-hydrogen) atoms. The molecule has 0 bridgehead atoms. The number of rotatable bonds is 6. The van der Waals surface area contributed by atoms with Crippen molar-refractivity contribution >= 4 is 23.7 Å². The number of nitrogens with zero attached hydrogens (tertiary/aromatic N) is 1. The highest BCUT2D eigenvalue weighted by Crippen LogP contribution is 2.22. The van der Waals surface area contributed by atoms with Crippen molar-refractivity contribution in [2.45, 2.75) is 51.5 Å². The molecular formula is C21H29N3O5. The lowest BCUT2D eigenvalue weighted by Gasteiger charge is -2.33. The van der Waals surface area contributed by atoms with E-state index in [1.807, 2.05) is 12.1 Å². The summed E-state index contributed by atoms with van der Waals surface area (Å²) < 4.78 is 4.94. The molecule has 1 aromatic rings. The van der Waals surface area contributed by atoms with Gasteiger partial charge in [-0.25, -0.2) is 0 Å². The first kappa shape index (κ1) is 22.4. The summed E-state index contributed by atoms with van der Waals surface area (Å²) in [6, 6.07) is 6.49. The summed E-state index contributed by atoms with van der Waals surface area (Å²) in [5.41, 5.74) is 6.84. The van der Waals surface area contributed by atoms with Crippen molar-refractivity contribution in [2.24, 2.45) is 5.73 Å². The third-order valence-electron chi connectivity index (χ3n) is 4.91. The van der Waals surface area contributed by atoms with Gasteiger partial charge in [-0.3, -0.25) is 19.2 Å². The molecule has 2 rings (SSSR count). The summed E-state index contributed by atoms with van der Waals surface area (Å²) in [6.07, 6.45) is 2.10. The van der Waals surface area contributed by atoms with Crippen LogP contribution < -0.4 is 11.1 Å². The molecule has 0 radical (unpaired) electrons. The zero-order valence-corrected chi connectivity index (χ0v) is 17.2. The Bertz CT molecular complexity index is 768. The lowest BCUT2D eigenvalue weighted by atomic mass is 9.87. The maximum Gasteiger partial charge on any atom is 0.325 e. The van der Waals surface area contributed by atoms with Crippen molar-refractivity contribution in [1.29, 1.82) is 0 Å². The van der Waals surface area contributed by atoms with Crippen LogP contribution in [-0.2, 0) is 24.5 Å². The summed E-state index contributed by atoms with van der Waals surface area (Å²) in [7, 11) is 0.